The van der Waals surface area contributed by atoms with Crippen LogP contribution in [0.3, 0.4) is 0 Å². The lowest BCUT2D eigenvalue weighted by Gasteiger charge is -2.15. The van der Waals surface area contributed by atoms with E-state index in [4.69, 9.17) is 0 Å². The predicted molar refractivity (Wildman–Crippen MR) is 67.8 cm³/mol. The third-order valence-corrected chi connectivity index (χ3v) is 2.82. The highest BCUT2D eigenvalue weighted by molar-refractivity contribution is 5.15. The van der Waals surface area contributed by atoms with Crippen LogP contribution in [0.4, 0.5) is 13.2 Å². The Morgan fingerprint density at radius 1 is 1.37 bits per heavy atom. The molecule has 0 amide bonds. The predicted octanol–water partition coefficient (Wildman–Crippen LogP) is 3.48. The van der Waals surface area contributed by atoms with Crippen molar-refractivity contribution in [2.45, 2.75) is 45.6 Å². The molecule has 0 radical (unpaired) electrons. The van der Waals surface area contributed by atoms with Crippen molar-refractivity contribution < 1.29 is 17.9 Å². The Balaban J connectivity index is 2.50. The molecule has 1 rings (SSSR count). The summed E-state index contributed by atoms with van der Waals surface area (Å²) in [6.45, 7) is 4.85. The maximum Gasteiger partial charge on any atom is 0.522 e. The topological polar surface area (TPSA) is 26.2 Å². The van der Waals surface area contributed by atoms with E-state index in [1.165, 1.54) is 0 Å². The summed E-state index contributed by atoms with van der Waals surface area (Å²) in [6.07, 6.45) is 1.18. The smallest absolute Gasteiger partial charge is 0.352 e. The largest absolute Gasteiger partial charge is 0.522 e. The first-order valence-electron chi connectivity index (χ1n) is 6.56. The fraction of sp³-hybridized carbons (Fsp3) is 0.692. The molecule has 0 aliphatic rings. The van der Waals surface area contributed by atoms with Crippen LogP contribution in [0.15, 0.2) is 18.5 Å². The van der Waals surface area contributed by atoms with Crippen molar-refractivity contribution in [3.05, 3.63) is 24.0 Å². The first-order chi connectivity index (χ1) is 8.96. The molecule has 1 N–H and O–H groups in total. The molecule has 1 atom stereocenters. The van der Waals surface area contributed by atoms with Gasteiger partial charge in [0.1, 0.15) is 0 Å². The number of ether oxygens (including phenoxy) is 1. The van der Waals surface area contributed by atoms with Crippen LogP contribution in [-0.2, 0) is 11.3 Å². The number of hydrogen-bond donors (Lipinski definition) is 1. The average molecular weight is 278 g/mol. The van der Waals surface area contributed by atoms with Gasteiger partial charge in [0.05, 0.1) is 6.61 Å². The van der Waals surface area contributed by atoms with Gasteiger partial charge in [-0.3, -0.25) is 4.74 Å². The zero-order valence-corrected chi connectivity index (χ0v) is 11.3. The summed E-state index contributed by atoms with van der Waals surface area (Å²) in [4.78, 5) is 0. The molecule has 1 aromatic heterocycles. The van der Waals surface area contributed by atoms with Crippen LogP contribution in [0.25, 0.3) is 0 Å². The highest BCUT2D eigenvalue weighted by Gasteiger charge is 2.28. The third-order valence-electron chi connectivity index (χ3n) is 2.82. The number of hydrogen-bond acceptors (Lipinski definition) is 2. The Bertz CT molecular complexity index is 357. The maximum atomic E-state index is 11.9. The summed E-state index contributed by atoms with van der Waals surface area (Å²) in [5, 5.41) is 3.37. The molecular formula is C13H21F3N2O. The molecule has 0 fully saturated rings. The van der Waals surface area contributed by atoms with E-state index < -0.39 is 6.36 Å². The Hall–Kier alpha value is -1.01. The van der Waals surface area contributed by atoms with E-state index in [9.17, 15) is 13.2 Å². The second-order valence-corrected chi connectivity index (χ2v) is 4.38. The number of rotatable bonds is 8. The van der Waals surface area contributed by atoms with Crippen LogP contribution in [0.1, 0.15) is 38.3 Å². The lowest BCUT2D eigenvalue weighted by atomic mass is 10.1. The molecule has 0 saturated heterocycles. The first-order valence-corrected chi connectivity index (χ1v) is 6.56. The molecule has 0 bridgehead atoms. The summed E-state index contributed by atoms with van der Waals surface area (Å²) in [6, 6.07) is 2.20. The Morgan fingerprint density at radius 2 is 2.11 bits per heavy atom. The molecule has 1 aromatic rings. The summed E-state index contributed by atoms with van der Waals surface area (Å²) in [5.41, 5.74) is 1.11. The van der Waals surface area contributed by atoms with Gasteiger partial charge in [-0.1, -0.05) is 20.3 Å². The molecule has 0 aromatic carbocycles. The number of nitrogens with one attached hydrogen (secondary N) is 1. The van der Waals surface area contributed by atoms with Crippen molar-refractivity contribution in [3.8, 4) is 0 Å². The Kier molecular flexibility index (Phi) is 6.37. The van der Waals surface area contributed by atoms with Gasteiger partial charge in [0.2, 0.25) is 0 Å². The Labute approximate surface area is 111 Å². The summed E-state index contributed by atoms with van der Waals surface area (Å²) in [5.74, 6) is 0. The minimum Gasteiger partial charge on any atom is -0.352 e. The van der Waals surface area contributed by atoms with Gasteiger partial charge in [-0.15, -0.1) is 13.2 Å². The quantitative estimate of drug-likeness (QED) is 0.788. The maximum absolute atomic E-state index is 11.9. The summed E-state index contributed by atoms with van der Waals surface area (Å²) in [7, 11) is 0. The SMILES string of the molecule is CCCC(NCC)c1ccn(CCOC(F)(F)F)c1. The molecule has 0 aliphatic heterocycles. The van der Waals surface area contributed by atoms with E-state index in [1.807, 2.05) is 19.2 Å². The van der Waals surface area contributed by atoms with E-state index in [0.29, 0.717) is 0 Å². The van der Waals surface area contributed by atoms with Gasteiger partial charge in [0.15, 0.2) is 0 Å². The summed E-state index contributed by atoms with van der Waals surface area (Å²) >= 11 is 0. The molecule has 1 heterocycles. The molecule has 19 heavy (non-hydrogen) atoms. The molecule has 110 valence electrons. The molecular weight excluding hydrogens is 257 g/mol. The zero-order valence-electron chi connectivity index (χ0n) is 11.3. The number of aromatic nitrogens is 1. The van der Waals surface area contributed by atoms with Crippen molar-refractivity contribution >= 4 is 0 Å². The van der Waals surface area contributed by atoms with Crippen molar-refractivity contribution in [2.75, 3.05) is 13.2 Å². The fourth-order valence-corrected chi connectivity index (χ4v) is 1.99. The molecule has 0 aliphatic carbocycles. The minimum atomic E-state index is -4.55. The number of alkyl halides is 3. The normalized spacial score (nSPS) is 13.7. The van der Waals surface area contributed by atoms with Gasteiger partial charge in [0.25, 0.3) is 0 Å². The second kappa shape index (κ2) is 7.55. The average Bonchev–Trinajstić information content (AvgIpc) is 2.76. The van der Waals surface area contributed by atoms with Crippen LogP contribution in [-0.4, -0.2) is 24.1 Å². The Morgan fingerprint density at radius 3 is 2.68 bits per heavy atom. The number of halogens is 3. The van der Waals surface area contributed by atoms with Gasteiger partial charge in [-0.2, -0.15) is 0 Å². The van der Waals surface area contributed by atoms with Crippen LogP contribution in [0.5, 0.6) is 0 Å². The van der Waals surface area contributed by atoms with Crippen molar-refractivity contribution in [1.82, 2.24) is 9.88 Å². The van der Waals surface area contributed by atoms with Crippen LogP contribution >= 0.6 is 0 Å². The van der Waals surface area contributed by atoms with Crippen LogP contribution in [0.2, 0.25) is 0 Å². The zero-order chi connectivity index (χ0) is 14.3. The van der Waals surface area contributed by atoms with Gasteiger partial charge >= 0.3 is 6.36 Å². The standard InChI is InChI=1S/C13H21F3N2O/c1-3-5-12(17-4-2)11-6-7-18(10-11)8-9-19-13(14,15)16/h6-7,10,12,17H,3-5,8-9H2,1-2H3. The molecule has 1 unspecified atom stereocenters. The monoisotopic (exact) mass is 278 g/mol. The van der Waals surface area contributed by atoms with Crippen molar-refractivity contribution in [2.24, 2.45) is 0 Å². The van der Waals surface area contributed by atoms with E-state index in [1.54, 1.807) is 10.8 Å². The fourth-order valence-electron chi connectivity index (χ4n) is 1.99. The lowest BCUT2D eigenvalue weighted by molar-refractivity contribution is -0.325. The molecule has 3 nitrogen and oxygen atoms in total. The van der Waals surface area contributed by atoms with Crippen molar-refractivity contribution in [3.63, 3.8) is 0 Å². The first kappa shape index (κ1) is 16.0. The summed E-state index contributed by atoms with van der Waals surface area (Å²) < 4.78 is 41.0. The van der Waals surface area contributed by atoms with E-state index in [-0.39, 0.29) is 19.2 Å². The third kappa shape index (κ3) is 6.11. The van der Waals surface area contributed by atoms with Gasteiger partial charge in [0, 0.05) is 25.0 Å². The lowest BCUT2D eigenvalue weighted by Crippen LogP contribution is -2.20. The minimum absolute atomic E-state index is 0.199. The van der Waals surface area contributed by atoms with E-state index in [0.717, 1.165) is 24.9 Å². The van der Waals surface area contributed by atoms with E-state index >= 15 is 0 Å². The number of nitrogens with zero attached hydrogens (tertiary/aromatic N) is 1. The van der Waals surface area contributed by atoms with Gasteiger partial charge in [-0.25, -0.2) is 0 Å². The molecule has 0 spiro atoms. The molecule has 0 saturated carbocycles. The van der Waals surface area contributed by atoms with Gasteiger partial charge < -0.3 is 9.88 Å². The van der Waals surface area contributed by atoms with Crippen LogP contribution < -0.4 is 5.32 Å². The van der Waals surface area contributed by atoms with Crippen molar-refractivity contribution in [1.29, 1.82) is 0 Å². The highest BCUT2D eigenvalue weighted by atomic mass is 19.4. The second-order valence-electron chi connectivity index (χ2n) is 4.38. The molecule has 6 heteroatoms. The van der Waals surface area contributed by atoms with E-state index in [2.05, 4.69) is 17.0 Å². The van der Waals surface area contributed by atoms with Gasteiger partial charge in [-0.05, 0) is 24.6 Å². The van der Waals surface area contributed by atoms with Crippen LogP contribution in [0, 0.1) is 0 Å². The highest BCUT2D eigenvalue weighted by Crippen LogP contribution is 2.19.